The van der Waals surface area contributed by atoms with Crippen LogP contribution in [-0.2, 0) is 17.9 Å². The summed E-state index contributed by atoms with van der Waals surface area (Å²) in [5.41, 5.74) is 4.47. The average Bonchev–Trinajstić information content (AvgIpc) is 2.92. The Morgan fingerprint density at radius 2 is 2.08 bits per heavy atom. The molecule has 1 unspecified atom stereocenters. The minimum atomic E-state index is 0.156. The topological polar surface area (TPSA) is 41.4 Å². The van der Waals surface area contributed by atoms with Crippen molar-refractivity contribution in [3.8, 4) is 0 Å². The number of rotatable bonds is 5. The highest BCUT2D eigenvalue weighted by Gasteiger charge is 2.31. The molecule has 25 heavy (non-hydrogen) atoms. The van der Waals surface area contributed by atoms with Crippen LogP contribution in [0.4, 0.5) is 5.69 Å². The summed E-state index contributed by atoms with van der Waals surface area (Å²) in [4.78, 5) is 16.9. The zero-order chi connectivity index (χ0) is 18.0. The minimum Gasteiger partial charge on any atom is -0.309 e. The molecule has 2 heterocycles. The van der Waals surface area contributed by atoms with E-state index in [2.05, 4.69) is 43.4 Å². The quantitative estimate of drug-likeness (QED) is 0.787. The first-order valence-electron chi connectivity index (χ1n) is 8.73. The molecule has 1 atom stereocenters. The largest absolute Gasteiger partial charge is 0.309 e. The molecule has 132 valence electrons. The molecule has 0 saturated carbocycles. The van der Waals surface area contributed by atoms with Crippen molar-refractivity contribution in [2.45, 2.75) is 39.9 Å². The summed E-state index contributed by atoms with van der Waals surface area (Å²) < 4.78 is 1.94. The number of carbonyl (C=O) groups excluding carboxylic acids is 1. The monoisotopic (exact) mass is 338 g/mol. The second-order valence-electron chi connectivity index (χ2n) is 6.77. The molecule has 2 aromatic rings. The van der Waals surface area contributed by atoms with Crippen LogP contribution < -0.4 is 4.90 Å². The van der Waals surface area contributed by atoms with Gasteiger partial charge in [0, 0.05) is 36.1 Å². The van der Waals surface area contributed by atoms with Crippen molar-refractivity contribution >= 4 is 11.6 Å². The van der Waals surface area contributed by atoms with Gasteiger partial charge >= 0.3 is 0 Å². The number of hydrogen-bond donors (Lipinski definition) is 0. The van der Waals surface area contributed by atoms with Crippen LogP contribution in [-0.4, -0.2) is 39.7 Å². The Bertz CT molecular complexity index is 780. The second kappa shape index (κ2) is 7.23. The summed E-state index contributed by atoms with van der Waals surface area (Å²) >= 11 is 0. The minimum absolute atomic E-state index is 0.156. The van der Waals surface area contributed by atoms with E-state index in [9.17, 15) is 4.79 Å². The molecule has 1 saturated heterocycles. The van der Waals surface area contributed by atoms with Crippen molar-refractivity contribution in [1.82, 2.24) is 14.7 Å². The Morgan fingerprint density at radius 1 is 1.32 bits per heavy atom. The Labute approximate surface area is 149 Å². The van der Waals surface area contributed by atoms with Gasteiger partial charge in [-0.25, -0.2) is 0 Å². The highest BCUT2D eigenvalue weighted by molar-refractivity contribution is 5.96. The van der Waals surface area contributed by atoms with Gasteiger partial charge in [0.2, 0.25) is 5.91 Å². The summed E-state index contributed by atoms with van der Waals surface area (Å²) in [6.07, 6.45) is 3.75. The number of benzene rings is 1. The van der Waals surface area contributed by atoms with Gasteiger partial charge in [-0.3, -0.25) is 14.4 Å². The highest BCUT2D eigenvalue weighted by Crippen LogP contribution is 2.24. The molecule has 1 fully saturated rings. The van der Waals surface area contributed by atoms with E-state index < -0.39 is 0 Å². The lowest BCUT2D eigenvalue weighted by molar-refractivity contribution is -0.122. The van der Waals surface area contributed by atoms with Gasteiger partial charge in [-0.1, -0.05) is 24.3 Å². The van der Waals surface area contributed by atoms with Crippen LogP contribution in [0.25, 0.3) is 0 Å². The van der Waals surface area contributed by atoms with Crippen molar-refractivity contribution in [3.05, 3.63) is 59.9 Å². The van der Waals surface area contributed by atoms with E-state index in [0.717, 1.165) is 23.5 Å². The van der Waals surface area contributed by atoms with Crippen molar-refractivity contribution < 1.29 is 4.79 Å². The van der Waals surface area contributed by atoms with Crippen LogP contribution in [0.3, 0.4) is 0 Å². The summed E-state index contributed by atoms with van der Waals surface area (Å²) in [7, 11) is 0. The number of nitrogens with zero attached hydrogens (tertiary/aromatic N) is 4. The summed E-state index contributed by atoms with van der Waals surface area (Å²) in [6, 6.07) is 8.37. The number of aryl methyl sites for hydroxylation is 1. The Hall–Kier alpha value is -2.40. The fraction of sp³-hybridized carbons (Fsp3) is 0.400. The van der Waals surface area contributed by atoms with Gasteiger partial charge in [-0.2, -0.15) is 5.10 Å². The zero-order valence-electron chi connectivity index (χ0n) is 15.3. The summed E-state index contributed by atoms with van der Waals surface area (Å²) in [5, 5.41) is 4.41. The number of para-hydroxylation sites is 1. The number of allylic oxidation sites excluding steroid dienone is 1. The number of anilines is 1. The Balaban J connectivity index is 1.74. The molecule has 5 heteroatoms. The van der Waals surface area contributed by atoms with Crippen molar-refractivity contribution in [2.24, 2.45) is 0 Å². The van der Waals surface area contributed by atoms with E-state index >= 15 is 0 Å². The van der Waals surface area contributed by atoms with Crippen LogP contribution in [0.15, 0.2) is 43.1 Å². The van der Waals surface area contributed by atoms with E-state index in [1.54, 1.807) is 0 Å². The Kier molecular flexibility index (Phi) is 5.04. The van der Waals surface area contributed by atoms with Crippen LogP contribution in [0.5, 0.6) is 0 Å². The van der Waals surface area contributed by atoms with Crippen LogP contribution in [0.1, 0.15) is 23.7 Å². The van der Waals surface area contributed by atoms with E-state index in [4.69, 9.17) is 0 Å². The first kappa shape index (κ1) is 17.4. The lowest BCUT2D eigenvalue weighted by atomic mass is 10.1. The second-order valence-corrected chi connectivity index (χ2v) is 6.77. The molecule has 1 aliphatic heterocycles. The fourth-order valence-corrected chi connectivity index (χ4v) is 3.37. The number of amides is 1. The van der Waals surface area contributed by atoms with Gasteiger partial charge in [-0.15, -0.1) is 6.58 Å². The lowest BCUT2D eigenvalue weighted by Crippen LogP contribution is -2.55. The highest BCUT2D eigenvalue weighted by atomic mass is 16.2. The van der Waals surface area contributed by atoms with Gasteiger partial charge in [0.25, 0.3) is 0 Å². The van der Waals surface area contributed by atoms with Gasteiger partial charge in [0.1, 0.15) is 0 Å². The number of carbonyl (C=O) groups is 1. The molecule has 0 spiro atoms. The third kappa shape index (κ3) is 3.51. The van der Waals surface area contributed by atoms with Crippen molar-refractivity contribution in [2.75, 3.05) is 18.0 Å². The molecular weight excluding hydrogens is 312 g/mol. The smallest absolute Gasteiger partial charge is 0.241 e. The summed E-state index contributed by atoms with van der Waals surface area (Å²) in [5.74, 6) is 0.156. The third-order valence-corrected chi connectivity index (χ3v) is 5.00. The van der Waals surface area contributed by atoms with Gasteiger partial charge in [0.05, 0.1) is 19.3 Å². The molecule has 0 N–H and O–H groups in total. The Morgan fingerprint density at radius 3 is 2.80 bits per heavy atom. The maximum absolute atomic E-state index is 12.7. The van der Waals surface area contributed by atoms with Gasteiger partial charge in [0.15, 0.2) is 0 Å². The first-order valence-corrected chi connectivity index (χ1v) is 8.73. The molecule has 1 aromatic heterocycles. The standard InChI is InChI=1S/C20H26N4O/c1-5-10-24-17(4)18(11-21-24)13-22-14-20(25)23(12-16(22)3)19-9-7-6-8-15(19)2/h5-9,11,16H,1,10,12-14H2,2-4H3. The SMILES string of the molecule is C=CCn1ncc(CN2CC(=O)N(c3ccccc3C)CC2C)c1C. The number of aromatic nitrogens is 2. The normalized spacial score (nSPS) is 18.6. The fourth-order valence-electron chi connectivity index (χ4n) is 3.37. The summed E-state index contributed by atoms with van der Waals surface area (Å²) in [6.45, 7) is 12.7. The zero-order valence-corrected chi connectivity index (χ0v) is 15.3. The van der Waals surface area contributed by atoms with E-state index in [-0.39, 0.29) is 5.91 Å². The van der Waals surface area contributed by atoms with Gasteiger partial charge in [-0.05, 0) is 32.4 Å². The molecule has 1 amide bonds. The maximum Gasteiger partial charge on any atom is 0.241 e. The lowest BCUT2D eigenvalue weighted by Gasteiger charge is -2.39. The van der Waals surface area contributed by atoms with E-state index in [1.165, 1.54) is 5.56 Å². The van der Waals surface area contributed by atoms with Crippen LogP contribution in [0, 0.1) is 13.8 Å². The number of hydrogen-bond acceptors (Lipinski definition) is 3. The molecule has 0 bridgehead atoms. The molecule has 1 aliphatic rings. The molecule has 3 rings (SSSR count). The van der Waals surface area contributed by atoms with E-state index in [1.807, 2.05) is 40.1 Å². The molecule has 5 nitrogen and oxygen atoms in total. The maximum atomic E-state index is 12.7. The predicted molar refractivity (Wildman–Crippen MR) is 101 cm³/mol. The molecule has 0 aliphatic carbocycles. The molecule has 1 aromatic carbocycles. The van der Waals surface area contributed by atoms with E-state index in [0.29, 0.717) is 25.7 Å². The number of piperazine rings is 1. The predicted octanol–water partition coefficient (Wildman–Crippen LogP) is 2.92. The van der Waals surface area contributed by atoms with Crippen LogP contribution in [0.2, 0.25) is 0 Å². The average molecular weight is 338 g/mol. The first-order chi connectivity index (χ1) is 12.0. The van der Waals surface area contributed by atoms with Crippen molar-refractivity contribution in [1.29, 1.82) is 0 Å². The molecular formula is C20H26N4O. The van der Waals surface area contributed by atoms with Crippen molar-refractivity contribution in [3.63, 3.8) is 0 Å². The van der Waals surface area contributed by atoms with Gasteiger partial charge < -0.3 is 4.90 Å². The third-order valence-electron chi connectivity index (χ3n) is 5.00. The molecule has 0 radical (unpaired) electrons. The van der Waals surface area contributed by atoms with Crippen LogP contribution >= 0.6 is 0 Å².